The largest absolute Gasteiger partial charge is 0.497 e. The minimum absolute atomic E-state index is 0.0530. The van der Waals surface area contributed by atoms with Crippen LogP contribution in [0.1, 0.15) is 36.9 Å². The third kappa shape index (κ3) is 5.23. The number of imide groups is 1. The Kier molecular flexibility index (Phi) is 7.10. The number of carbonyl (C=O) groups excluding carboxylic acids is 3. The standard InChI is InChI=1S/C23H26N2O6S/c1-15-4-10-19(11-5-15)32(29,30)24-23(17-6-8-18(31-3)9-7-17)20(16(2)26)14-25-21(27)12-13-22(25)28/h4-11,20,23-24H,12-14H2,1-3H3/t20-,23+/m1/s1. The van der Waals surface area contributed by atoms with Crippen molar-refractivity contribution in [3.8, 4) is 5.75 Å². The number of aryl methyl sites for hydroxylation is 1. The molecule has 1 aliphatic rings. The van der Waals surface area contributed by atoms with Crippen molar-refractivity contribution in [3.63, 3.8) is 0 Å². The highest BCUT2D eigenvalue weighted by atomic mass is 32.2. The number of carbonyl (C=O) groups is 3. The number of sulfonamides is 1. The third-order valence-electron chi connectivity index (χ3n) is 5.55. The van der Waals surface area contributed by atoms with Crippen molar-refractivity contribution in [2.45, 2.75) is 37.6 Å². The van der Waals surface area contributed by atoms with E-state index >= 15 is 0 Å². The predicted molar refractivity (Wildman–Crippen MR) is 117 cm³/mol. The summed E-state index contributed by atoms with van der Waals surface area (Å²) in [6.07, 6.45) is 0.178. The molecule has 9 heteroatoms. The SMILES string of the molecule is COc1ccc([C@H](NS(=O)(=O)c2ccc(C)cc2)[C@H](CN2C(=O)CCC2=O)C(C)=O)cc1. The molecule has 3 rings (SSSR count). The monoisotopic (exact) mass is 458 g/mol. The summed E-state index contributed by atoms with van der Waals surface area (Å²) < 4.78 is 34.1. The van der Waals surface area contributed by atoms with Crippen molar-refractivity contribution in [2.24, 2.45) is 5.92 Å². The van der Waals surface area contributed by atoms with Gasteiger partial charge in [-0.15, -0.1) is 0 Å². The molecule has 1 saturated heterocycles. The van der Waals surface area contributed by atoms with E-state index in [2.05, 4.69) is 4.72 Å². The van der Waals surface area contributed by atoms with Gasteiger partial charge >= 0.3 is 0 Å². The Balaban J connectivity index is 2.01. The van der Waals surface area contributed by atoms with Crippen LogP contribution in [0.15, 0.2) is 53.4 Å². The van der Waals surface area contributed by atoms with Gasteiger partial charge in [0, 0.05) is 19.4 Å². The van der Waals surface area contributed by atoms with Gasteiger partial charge in [-0.05, 0) is 43.7 Å². The van der Waals surface area contributed by atoms with Crippen molar-refractivity contribution in [1.82, 2.24) is 9.62 Å². The minimum Gasteiger partial charge on any atom is -0.497 e. The van der Waals surface area contributed by atoms with Crippen molar-refractivity contribution in [1.29, 1.82) is 0 Å². The molecule has 2 amide bonds. The Morgan fingerprint density at radius 2 is 1.59 bits per heavy atom. The zero-order valence-corrected chi connectivity index (χ0v) is 19.0. The second-order valence-corrected chi connectivity index (χ2v) is 9.51. The van der Waals surface area contributed by atoms with Gasteiger partial charge in [-0.2, -0.15) is 0 Å². The molecule has 1 N–H and O–H groups in total. The summed E-state index contributed by atoms with van der Waals surface area (Å²) in [5.41, 5.74) is 1.42. The van der Waals surface area contributed by atoms with Crippen molar-refractivity contribution >= 4 is 27.6 Å². The molecule has 0 aromatic heterocycles. The van der Waals surface area contributed by atoms with Crippen LogP contribution in [0.2, 0.25) is 0 Å². The fraction of sp³-hybridized carbons (Fsp3) is 0.348. The predicted octanol–water partition coefficient (Wildman–Crippen LogP) is 2.38. The molecule has 1 aliphatic heterocycles. The highest BCUT2D eigenvalue weighted by Gasteiger charge is 2.37. The minimum atomic E-state index is -4.00. The molecule has 170 valence electrons. The Hall–Kier alpha value is -3.04. The summed E-state index contributed by atoms with van der Waals surface area (Å²) in [5, 5.41) is 0. The van der Waals surface area contributed by atoms with Gasteiger partial charge in [0.1, 0.15) is 11.5 Å². The molecule has 8 nitrogen and oxygen atoms in total. The van der Waals surface area contributed by atoms with E-state index in [-0.39, 0.29) is 41.9 Å². The topological polar surface area (TPSA) is 110 Å². The van der Waals surface area contributed by atoms with E-state index in [1.165, 1.54) is 26.2 Å². The average Bonchev–Trinajstić information content (AvgIpc) is 3.08. The number of ether oxygens (including phenoxy) is 1. The van der Waals surface area contributed by atoms with E-state index in [4.69, 9.17) is 4.74 Å². The van der Waals surface area contributed by atoms with Crippen molar-refractivity contribution < 1.29 is 27.5 Å². The van der Waals surface area contributed by atoms with Gasteiger partial charge in [0.25, 0.3) is 0 Å². The summed E-state index contributed by atoms with van der Waals surface area (Å²) in [7, 11) is -2.49. The molecule has 0 unspecified atom stereocenters. The van der Waals surface area contributed by atoms with Gasteiger partial charge in [-0.3, -0.25) is 19.3 Å². The summed E-state index contributed by atoms with van der Waals surface area (Å²) in [6.45, 7) is 2.98. The number of nitrogens with zero attached hydrogens (tertiary/aromatic N) is 1. The van der Waals surface area contributed by atoms with Crippen molar-refractivity contribution in [2.75, 3.05) is 13.7 Å². The second kappa shape index (κ2) is 9.62. The Morgan fingerprint density at radius 3 is 2.09 bits per heavy atom. The Labute approximate surface area is 187 Å². The molecule has 1 fully saturated rings. The van der Waals surface area contributed by atoms with Crippen LogP contribution < -0.4 is 9.46 Å². The van der Waals surface area contributed by atoms with Gasteiger partial charge in [0.2, 0.25) is 21.8 Å². The molecule has 0 saturated carbocycles. The number of Topliss-reactive ketones (excluding diaryl/α,β-unsaturated/α-hetero) is 1. The van der Waals surface area contributed by atoms with E-state index in [0.29, 0.717) is 11.3 Å². The van der Waals surface area contributed by atoms with Crippen molar-refractivity contribution in [3.05, 3.63) is 59.7 Å². The van der Waals surface area contributed by atoms with Gasteiger partial charge < -0.3 is 4.74 Å². The lowest BCUT2D eigenvalue weighted by Crippen LogP contribution is -2.44. The number of rotatable bonds is 9. The van der Waals surface area contributed by atoms with Gasteiger partial charge in [0.05, 0.1) is 24.0 Å². The maximum atomic E-state index is 13.1. The molecule has 0 radical (unpaired) electrons. The second-order valence-electron chi connectivity index (χ2n) is 7.80. The summed E-state index contributed by atoms with van der Waals surface area (Å²) >= 11 is 0. The third-order valence-corrected chi connectivity index (χ3v) is 7.00. The first kappa shape index (κ1) is 23.6. The molecule has 0 bridgehead atoms. The Bertz CT molecular complexity index is 1090. The highest BCUT2D eigenvalue weighted by molar-refractivity contribution is 7.89. The van der Waals surface area contributed by atoms with E-state index in [1.807, 2.05) is 6.92 Å². The molecule has 2 aromatic rings. The van der Waals surface area contributed by atoms with Crippen LogP contribution in [0.25, 0.3) is 0 Å². The van der Waals surface area contributed by atoms with Crippen LogP contribution in [-0.4, -0.2) is 44.6 Å². The number of likely N-dealkylation sites (tertiary alicyclic amines) is 1. The first-order valence-corrected chi connectivity index (χ1v) is 11.7. The zero-order chi connectivity index (χ0) is 23.5. The lowest BCUT2D eigenvalue weighted by Gasteiger charge is -2.29. The van der Waals surface area contributed by atoms with Crippen LogP contribution in [0, 0.1) is 12.8 Å². The zero-order valence-electron chi connectivity index (χ0n) is 18.2. The number of hydrogen-bond donors (Lipinski definition) is 1. The molecule has 0 aliphatic carbocycles. The van der Waals surface area contributed by atoms with Gasteiger partial charge in [-0.1, -0.05) is 29.8 Å². The number of amides is 2. The fourth-order valence-electron chi connectivity index (χ4n) is 3.64. The summed E-state index contributed by atoms with van der Waals surface area (Å²) in [6, 6.07) is 12.0. The van der Waals surface area contributed by atoms with Crippen LogP contribution in [0.4, 0.5) is 0 Å². The smallest absolute Gasteiger partial charge is 0.241 e. The van der Waals surface area contributed by atoms with E-state index < -0.39 is 22.0 Å². The molecule has 1 heterocycles. The molecular formula is C23H26N2O6S. The number of methoxy groups -OCH3 is 1. The number of benzene rings is 2. The lowest BCUT2D eigenvalue weighted by atomic mass is 9.90. The molecule has 0 spiro atoms. The van der Waals surface area contributed by atoms with E-state index in [1.54, 1.807) is 36.4 Å². The lowest BCUT2D eigenvalue weighted by molar-refractivity contribution is -0.139. The van der Waals surface area contributed by atoms with Crippen LogP contribution in [0.5, 0.6) is 5.75 Å². The first-order chi connectivity index (χ1) is 15.1. The van der Waals surface area contributed by atoms with Crippen LogP contribution in [-0.2, 0) is 24.4 Å². The molecule has 2 atom stereocenters. The fourth-order valence-corrected chi connectivity index (χ4v) is 4.90. The van der Waals surface area contributed by atoms with E-state index in [0.717, 1.165) is 10.5 Å². The number of nitrogens with one attached hydrogen (secondary N) is 1. The molecule has 2 aromatic carbocycles. The van der Waals surface area contributed by atoms with Gasteiger partial charge in [0.15, 0.2) is 0 Å². The highest BCUT2D eigenvalue weighted by Crippen LogP contribution is 2.29. The normalized spacial score (nSPS) is 16.2. The first-order valence-electron chi connectivity index (χ1n) is 10.2. The molecule has 32 heavy (non-hydrogen) atoms. The quantitative estimate of drug-likeness (QED) is 0.578. The average molecular weight is 459 g/mol. The Morgan fingerprint density at radius 1 is 1.03 bits per heavy atom. The summed E-state index contributed by atoms with van der Waals surface area (Å²) in [4.78, 5) is 38.1. The van der Waals surface area contributed by atoms with Gasteiger partial charge in [-0.25, -0.2) is 13.1 Å². The van der Waals surface area contributed by atoms with Crippen LogP contribution >= 0.6 is 0 Å². The number of ketones is 1. The van der Waals surface area contributed by atoms with E-state index in [9.17, 15) is 22.8 Å². The molecular weight excluding hydrogens is 432 g/mol. The maximum absolute atomic E-state index is 13.1. The summed E-state index contributed by atoms with van der Waals surface area (Å²) in [5.74, 6) is -1.47. The maximum Gasteiger partial charge on any atom is 0.241 e. The number of hydrogen-bond acceptors (Lipinski definition) is 6. The van der Waals surface area contributed by atoms with Crippen LogP contribution in [0.3, 0.4) is 0 Å².